The van der Waals surface area contributed by atoms with E-state index >= 15 is 0 Å². The molecule has 1 fully saturated rings. The number of rotatable bonds is 5. The summed E-state index contributed by atoms with van der Waals surface area (Å²) in [6, 6.07) is 8.88. The fourth-order valence-electron chi connectivity index (χ4n) is 2.88. The van der Waals surface area contributed by atoms with Crippen molar-refractivity contribution in [3.05, 3.63) is 48.6 Å². The molecule has 2 rings (SSSR count). The number of ether oxygens (including phenoxy) is 1. The molecule has 1 heterocycles. The normalized spacial score (nSPS) is 25.4. The van der Waals surface area contributed by atoms with Crippen LogP contribution in [0, 0.1) is 5.92 Å². The van der Waals surface area contributed by atoms with Crippen LogP contribution in [0.5, 0.6) is 0 Å². The van der Waals surface area contributed by atoms with Crippen LogP contribution in [0.4, 0.5) is 4.79 Å². The lowest BCUT2D eigenvalue weighted by Crippen LogP contribution is -2.56. The second-order valence-corrected chi connectivity index (χ2v) is 7.30. The van der Waals surface area contributed by atoms with Gasteiger partial charge in [0, 0.05) is 23.3 Å². The minimum absolute atomic E-state index is 0.0410. The molecule has 2 amide bonds. The number of thioether (sulfide) groups is 1. The molecule has 0 spiro atoms. The van der Waals surface area contributed by atoms with E-state index in [1.165, 1.54) is 11.0 Å². The fraction of sp³-hybridized carbons (Fsp3) is 0.389. The van der Waals surface area contributed by atoms with Crippen LogP contribution >= 0.6 is 11.8 Å². The summed E-state index contributed by atoms with van der Waals surface area (Å²) < 4.78 is 5.07. The Labute approximate surface area is 151 Å². The molecule has 1 aliphatic heterocycles. The highest BCUT2D eigenvalue weighted by molar-refractivity contribution is 8.14. The number of hydrogen-bond donors (Lipinski definition) is 1. The molecule has 1 aromatic carbocycles. The Morgan fingerprint density at radius 1 is 1.40 bits per heavy atom. The molecule has 7 heteroatoms. The summed E-state index contributed by atoms with van der Waals surface area (Å²) in [4.78, 5) is 38.2. The minimum Gasteiger partial charge on any atom is -0.445 e. The van der Waals surface area contributed by atoms with Crippen molar-refractivity contribution < 1.29 is 19.1 Å². The SMILES string of the molecule is C=CCOC(=O)N1CC(SC(=O)c2ccccc2)C(C)C1(C)C(N)=O. The van der Waals surface area contributed by atoms with E-state index in [1.54, 1.807) is 31.2 Å². The zero-order valence-corrected chi connectivity index (χ0v) is 15.1. The number of hydrogen-bond acceptors (Lipinski definition) is 5. The van der Waals surface area contributed by atoms with E-state index in [-0.39, 0.29) is 29.4 Å². The van der Waals surface area contributed by atoms with Crippen molar-refractivity contribution in [2.75, 3.05) is 13.2 Å². The first kappa shape index (κ1) is 19.1. The van der Waals surface area contributed by atoms with E-state index in [0.717, 1.165) is 11.8 Å². The van der Waals surface area contributed by atoms with Crippen LogP contribution in [0.15, 0.2) is 43.0 Å². The molecule has 1 aliphatic rings. The third-order valence-corrected chi connectivity index (χ3v) is 5.99. The third kappa shape index (κ3) is 3.71. The number of carbonyl (C=O) groups is 3. The van der Waals surface area contributed by atoms with Gasteiger partial charge in [0.15, 0.2) is 0 Å². The summed E-state index contributed by atoms with van der Waals surface area (Å²) in [7, 11) is 0. The summed E-state index contributed by atoms with van der Waals surface area (Å²) in [5, 5.41) is -0.368. The molecule has 0 bridgehead atoms. The number of benzene rings is 1. The quantitative estimate of drug-likeness (QED) is 0.813. The molecule has 0 radical (unpaired) electrons. The van der Waals surface area contributed by atoms with Gasteiger partial charge >= 0.3 is 6.09 Å². The molecule has 3 unspecified atom stereocenters. The monoisotopic (exact) mass is 362 g/mol. The molecule has 1 saturated heterocycles. The van der Waals surface area contributed by atoms with Crippen molar-refractivity contribution in [1.82, 2.24) is 4.90 Å². The van der Waals surface area contributed by atoms with Crippen LogP contribution in [0.1, 0.15) is 24.2 Å². The molecule has 3 atom stereocenters. The van der Waals surface area contributed by atoms with Crippen molar-refractivity contribution >= 4 is 28.9 Å². The fourth-order valence-corrected chi connectivity index (χ4v) is 4.12. The van der Waals surface area contributed by atoms with Crippen molar-refractivity contribution in [3.8, 4) is 0 Å². The summed E-state index contributed by atoms with van der Waals surface area (Å²) >= 11 is 1.12. The molecular formula is C18H22N2O4S. The van der Waals surface area contributed by atoms with Crippen molar-refractivity contribution in [2.24, 2.45) is 11.7 Å². The lowest BCUT2D eigenvalue weighted by Gasteiger charge is -2.34. The zero-order valence-electron chi connectivity index (χ0n) is 14.3. The van der Waals surface area contributed by atoms with E-state index in [9.17, 15) is 14.4 Å². The number of nitrogens with two attached hydrogens (primary N) is 1. The van der Waals surface area contributed by atoms with E-state index in [1.807, 2.05) is 13.0 Å². The van der Waals surface area contributed by atoms with Gasteiger partial charge in [-0.3, -0.25) is 14.5 Å². The third-order valence-electron chi connectivity index (χ3n) is 4.68. The molecule has 0 aromatic heterocycles. The summed E-state index contributed by atoms with van der Waals surface area (Å²) in [6.07, 6.45) is 0.813. The molecular weight excluding hydrogens is 340 g/mol. The van der Waals surface area contributed by atoms with E-state index in [4.69, 9.17) is 10.5 Å². The number of amides is 2. The second-order valence-electron chi connectivity index (χ2n) is 6.09. The largest absolute Gasteiger partial charge is 0.445 e. The van der Waals surface area contributed by atoms with Gasteiger partial charge in [-0.15, -0.1) is 0 Å². The highest BCUT2D eigenvalue weighted by Gasteiger charge is 2.55. The Bertz CT molecular complexity index is 679. The lowest BCUT2D eigenvalue weighted by molar-refractivity contribution is -0.128. The van der Waals surface area contributed by atoms with Gasteiger partial charge in [-0.2, -0.15) is 0 Å². The van der Waals surface area contributed by atoms with Crippen LogP contribution in [-0.2, 0) is 9.53 Å². The molecule has 2 N–H and O–H groups in total. The highest BCUT2D eigenvalue weighted by atomic mass is 32.2. The van der Waals surface area contributed by atoms with Gasteiger partial charge < -0.3 is 10.5 Å². The van der Waals surface area contributed by atoms with E-state index in [0.29, 0.717) is 5.56 Å². The van der Waals surface area contributed by atoms with Crippen molar-refractivity contribution in [2.45, 2.75) is 24.6 Å². The average Bonchev–Trinajstić information content (AvgIpc) is 2.86. The average molecular weight is 362 g/mol. The maximum Gasteiger partial charge on any atom is 0.411 e. The first-order chi connectivity index (χ1) is 11.8. The van der Waals surface area contributed by atoms with Crippen molar-refractivity contribution in [1.29, 1.82) is 0 Å². The number of primary amides is 1. The Morgan fingerprint density at radius 2 is 2.04 bits per heavy atom. The number of nitrogens with zero attached hydrogens (tertiary/aromatic N) is 1. The zero-order chi connectivity index (χ0) is 18.6. The highest BCUT2D eigenvalue weighted by Crippen LogP contribution is 2.41. The Hall–Kier alpha value is -2.28. The molecule has 25 heavy (non-hydrogen) atoms. The van der Waals surface area contributed by atoms with Crippen molar-refractivity contribution in [3.63, 3.8) is 0 Å². The smallest absolute Gasteiger partial charge is 0.411 e. The molecule has 1 aromatic rings. The predicted molar refractivity (Wildman–Crippen MR) is 97.2 cm³/mol. The molecule has 0 saturated carbocycles. The Kier molecular flexibility index (Phi) is 5.89. The first-order valence-electron chi connectivity index (χ1n) is 7.93. The Balaban J connectivity index is 2.21. The van der Waals surface area contributed by atoms with Crippen LogP contribution in [0.3, 0.4) is 0 Å². The van der Waals surface area contributed by atoms with Gasteiger partial charge in [0.1, 0.15) is 12.1 Å². The van der Waals surface area contributed by atoms with Gasteiger partial charge in [-0.1, -0.05) is 61.7 Å². The Morgan fingerprint density at radius 3 is 2.60 bits per heavy atom. The lowest BCUT2D eigenvalue weighted by atomic mass is 9.87. The number of carbonyl (C=O) groups excluding carboxylic acids is 3. The van der Waals surface area contributed by atoms with Gasteiger partial charge in [0.05, 0.1) is 0 Å². The van der Waals surface area contributed by atoms with Gasteiger partial charge in [-0.25, -0.2) is 4.79 Å². The van der Waals surface area contributed by atoms with E-state index < -0.39 is 17.5 Å². The van der Waals surface area contributed by atoms with Gasteiger partial charge in [-0.05, 0) is 6.92 Å². The van der Waals surface area contributed by atoms with Crippen LogP contribution < -0.4 is 5.73 Å². The maximum absolute atomic E-state index is 12.5. The first-order valence-corrected chi connectivity index (χ1v) is 8.81. The van der Waals surface area contributed by atoms with Crippen LogP contribution in [-0.4, -0.2) is 46.0 Å². The minimum atomic E-state index is -1.22. The molecule has 0 aliphatic carbocycles. The van der Waals surface area contributed by atoms with Gasteiger partial charge in [0.25, 0.3) is 0 Å². The van der Waals surface area contributed by atoms with E-state index in [2.05, 4.69) is 6.58 Å². The van der Waals surface area contributed by atoms with Crippen LogP contribution in [0.2, 0.25) is 0 Å². The predicted octanol–water partition coefficient (Wildman–Crippen LogP) is 2.45. The topological polar surface area (TPSA) is 89.7 Å². The van der Waals surface area contributed by atoms with Crippen LogP contribution in [0.25, 0.3) is 0 Å². The summed E-state index contributed by atoms with van der Waals surface area (Å²) in [5.74, 6) is -0.926. The summed E-state index contributed by atoms with van der Waals surface area (Å²) in [5.41, 5.74) is 4.94. The standard InChI is InChI=1S/C18H22N2O4S/c1-4-10-24-17(23)20-11-14(12(2)18(20,3)16(19)22)25-15(21)13-8-6-5-7-9-13/h4-9,12,14H,1,10-11H2,2-3H3,(H2,19,22). The molecule has 134 valence electrons. The number of likely N-dealkylation sites (tertiary alicyclic amines) is 1. The van der Waals surface area contributed by atoms with Gasteiger partial charge in [0.2, 0.25) is 11.0 Å². The molecule has 6 nitrogen and oxygen atoms in total. The second kappa shape index (κ2) is 7.74. The summed E-state index contributed by atoms with van der Waals surface area (Å²) in [6.45, 7) is 7.18. The maximum atomic E-state index is 12.5.